The van der Waals surface area contributed by atoms with Crippen LogP contribution in [0, 0.1) is 5.82 Å². The molecule has 0 radical (unpaired) electrons. The lowest BCUT2D eigenvalue weighted by atomic mass is 9.99. The Labute approximate surface area is 144 Å². The molecule has 2 aliphatic heterocycles. The largest absolute Gasteiger partial charge is 0.353 e. The molecule has 2 fully saturated rings. The summed E-state index contributed by atoms with van der Waals surface area (Å²) in [5.74, 6) is -0.250. The lowest BCUT2D eigenvalue weighted by Crippen LogP contribution is -2.48. The lowest BCUT2D eigenvalue weighted by Gasteiger charge is -2.29. The molecule has 4 nitrogen and oxygen atoms in total. The maximum absolute atomic E-state index is 13.3. The van der Waals surface area contributed by atoms with Crippen LogP contribution in [0.2, 0.25) is 0 Å². The Bertz CT molecular complexity index is 735. The van der Waals surface area contributed by atoms with Crippen LogP contribution in [0.15, 0.2) is 29.6 Å². The Morgan fingerprint density at radius 3 is 2.88 bits per heavy atom. The molecule has 2 aliphatic rings. The first-order chi connectivity index (χ1) is 11.7. The van der Waals surface area contributed by atoms with Crippen LogP contribution in [0.25, 0.3) is 10.6 Å². The highest BCUT2D eigenvalue weighted by Crippen LogP contribution is 2.27. The summed E-state index contributed by atoms with van der Waals surface area (Å²) < 4.78 is 13.3. The van der Waals surface area contributed by atoms with Gasteiger partial charge in [-0.3, -0.25) is 4.79 Å². The summed E-state index contributed by atoms with van der Waals surface area (Å²) in [5.41, 5.74) is 1.50. The number of halogens is 1. The average Bonchev–Trinajstić information content (AvgIpc) is 3.14. The number of benzene rings is 1. The van der Waals surface area contributed by atoms with Crippen molar-refractivity contribution >= 4 is 17.2 Å². The molecule has 6 heteroatoms. The fraction of sp³-hybridized carbons (Fsp3) is 0.444. The average molecular weight is 345 g/mol. The molecule has 2 unspecified atom stereocenters. The van der Waals surface area contributed by atoms with Crippen molar-refractivity contribution in [2.75, 3.05) is 0 Å². The maximum atomic E-state index is 13.3. The van der Waals surface area contributed by atoms with Crippen LogP contribution in [-0.2, 0) is 11.2 Å². The molecular formula is C18H20FN3OS. The van der Waals surface area contributed by atoms with Gasteiger partial charge in [-0.1, -0.05) is 12.1 Å². The molecule has 2 aromatic rings. The van der Waals surface area contributed by atoms with Gasteiger partial charge in [0.2, 0.25) is 5.91 Å². The van der Waals surface area contributed by atoms with E-state index in [4.69, 9.17) is 0 Å². The number of hydrogen-bond acceptors (Lipinski definition) is 4. The van der Waals surface area contributed by atoms with Gasteiger partial charge in [0.1, 0.15) is 10.8 Å². The molecule has 2 atom stereocenters. The Hall–Kier alpha value is -1.79. The SMILES string of the molecule is O=C(Cc1csc(-c2cccc(F)c2)n1)NC1CC2CCC(C1)N2. The molecular weight excluding hydrogens is 325 g/mol. The lowest BCUT2D eigenvalue weighted by molar-refractivity contribution is -0.121. The fourth-order valence-electron chi connectivity index (χ4n) is 3.76. The fourth-order valence-corrected chi connectivity index (χ4v) is 4.58. The first-order valence-corrected chi connectivity index (χ1v) is 9.29. The van der Waals surface area contributed by atoms with Crippen molar-refractivity contribution in [3.8, 4) is 10.6 Å². The normalized spacial score (nSPS) is 25.6. The van der Waals surface area contributed by atoms with Crippen molar-refractivity contribution < 1.29 is 9.18 Å². The predicted octanol–water partition coefficient (Wildman–Crippen LogP) is 2.89. The van der Waals surface area contributed by atoms with E-state index in [2.05, 4.69) is 15.6 Å². The standard InChI is InChI=1S/C18H20FN3OS/c19-12-3-1-2-11(6-12)18-22-16(10-24-18)9-17(23)21-15-7-13-4-5-14(8-15)20-13/h1-3,6,10,13-15,20H,4-5,7-9H2,(H,21,23). The maximum Gasteiger partial charge on any atom is 0.226 e. The van der Waals surface area contributed by atoms with Gasteiger partial charge in [0, 0.05) is 29.1 Å². The van der Waals surface area contributed by atoms with E-state index >= 15 is 0 Å². The van der Waals surface area contributed by atoms with Gasteiger partial charge in [0.15, 0.2) is 0 Å². The molecule has 0 saturated carbocycles. The smallest absolute Gasteiger partial charge is 0.226 e. The zero-order valence-corrected chi connectivity index (χ0v) is 14.1. The number of amides is 1. The van der Waals surface area contributed by atoms with E-state index in [1.165, 1.54) is 36.3 Å². The van der Waals surface area contributed by atoms with Crippen molar-refractivity contribution in [2.45, 2.75) is 50.2 Å². The summed E-state index contributed by atoms with van der Waals surface area (Å²) in [4.78, 5) is 16.8. The minimum Gasteiger partial charge on any atom is -0.353 e. The number of thiazole rings is 1. The molecule has 1 aromatic carbocycles. The highest BCUT2D eigenvalue weighted by molar-refractivity contribution is 7.13. The number of rotatable bonds is 4. The molecule has 0 spiro atoms. The van der Waals surface area contributed by atoms with Crippen LogP contribution in [-0.4, -0.2) is 29.0 Å². The minimum atomic E-state index is -0.275. The van der Waals surface area contributed by atoms with Crippen LogP contribution in [0.4, 0.5) is 4.39 Å². The van der Waals surface area contributed by atoms with Gasteiger partial charge in [-0.2, -0.15) is 0 Å². The quantitative estimate of drug-likeness (QED) is 0.896. The number of hydrogen-bond donors (Lipinski definition) is 2. The van der Waals surface area contributed by atoms with E-state index in [1.54, 1.807) is 6.07 Å². The molecule has 2 N–H and O–H groups in total. The Kier molecular flexibility index (Phi) is 4.33. The highest BCUT2D eigenvalue weighted by Gasteiger charge is 2.33. The Morgan fingerprint density at radius 1 is 1.33 bits per heavy atom. The summed E-state index contributed by atoms with van der Waals surface area (Å²) in [6.07, 6.45) is 4.77. The predicted molar refractivity (Wildman–Crippen MR) is 92.3 cm³/mol. The van der Waals surface area contributed by atoms with Crippen LogP contribution in [0.5, 0.6) is 0 Å². The molecule has 0 aliphatic carbocycles. The van der Waals surface area contributed by atoms with Gasteiger partial charge in [0.05, 0.1) is 12.1 Å². The van der Waals surface area contributed by atoms with E-state index < -0.39 is 0 Å². The number of carbonyl (C=O) groups excluding carboxylic acids is 1. The third-order valence-corrected chi connectivity index (χ3v) is 5.74. The Balaban J connectivity index is 1.36. The number of nitrogens with one attached hydrogen (secondary N) is 2. The Morgan fingerprint density at radius 2 is 2.12 bits per heavy atom. The van der Waals surface area contributed by atoms with E-state index in [0.717, 1.165) is 29.1 Å². The van der Waals surface area contributed by atoms with Gasteiger partial charge < -0.3 is 10.6 Å². The van der Waals surface area contributed by atoms with Gasteiger partial charge >= 0.3 is 0 Å². The molecule has 126 valence electrons. The van der Waals surface area contributed by atoms with Gasteiger partial charge in [-0.25, -0.2) is 9.37 Å². The zero-order chi connectivity index (χ0) is 16.5. The van der Waals surface area contributed by atoms with Crippen molar-refractivity contribution in [3.05, 3.63) is 41.2 Å². The summed E-state index contributed by atoms with van der Waals surface area (Å²) >= 11 is 1.44. The second-order valence-corrected chi connectivity index (χ2v) is 7.56. The molecule has 2 saturated heterocycles. The van der Waals surface area contributed by atoms with E-state index in [9.17, 15) is 9.18 Å². The highest BCUT2D eigenvalue weighted by atomic mass is 32.1. The van der Waals surface area contributed by atoms with E-state index in [1.807, 2.05) is 11.4 Å². The first-order valence-electron chi connectivity index (χ1n) is 8.41. The van der Waals surface area contributed by atoms with E-state index in [-0.39, 0.29) is 24.2 Å². The van der Waals surface area contributed by atoms with Crippen LogP contribution < -0.4 is 10.6 Å². The number of piperidine rings is 1. The second kappa shape index (κ2) is 6.61. The first kappa shape index (κ1) is 15.7. The van der Waals surface area contributed by atoms with Gasteiger partial charge in [0.25, 0.3) is 0 Å². The van der Waals surface area contributed by atoms with Crippen molar-refractivity contribution in [1.82, 2.24) is 15.6 Å². The third-order valence-electron chi connectivity index (χ3n) is 4.80. The van der Waals surface area contributed by atoms with Crippen molar-refractivity contribution in [2.24, 2.45) is 0 Å². The number of fused-ring (bicyclic) bond motifs is 2. The van der Waals surface area contributed by atoms with Gasteiger partial charge in [-0.05, 0) is 37.8 Å². The second-order valence-electron chi connectivity index (χ2n) is 6.70. The molecule has 4 rings (SSSR count). The zero-order valence-electron chi connectivity index (χ0n) is 13.3. The number of aromatic nitrogens is 1. The van der Waals surface area contributed by atoms with Crippen molar-refractivity contribution in [3.63, 3.8) is 0 Å². The van der Waals surface area contributed by atoms with Crippen molar-refractivity contribution in [1.29, 1.82) is 0 Å². The third kappa shape index (κ3) is 3.49. The summed E-state index contributed by atoms with van der Waals surface area (Å²) in [5, 5.41) is 9.36. The molecule has 24 heavy (non-hydrogen) atoms. The molecule has 3 heterocycles. The molecule has 2 bridgehead atoms. The number of nitrogens with zero attached hydrogens (tertiary/aromatic N) is 1. The molecule has 1 aromatic heterocycles. The summed E-state index contributed by atoms with van der Waals surface area (Å²) in [7, 11) is 0. The molecule has 1 amide bonds. The van der Waals surface area contributed by atoms with Crippen LogP contribution in [0.1, 0.15) is 31.4 Å². The summed E-state index contributed by atoms with van der Waals surface area (Å²) in [6.45, 7) is 0. The number of carbonyl (C=O) groups is 1. The monoisotopic (exact) mass is 345 g/mol. The van der Waals surface area contributed by atoms with Gasteiger partial charge in [-0.15, -0.1) is 11.3 Å². The van der Waals surface area contributed by atoms with Crippen LogP contribution >= 0.6 is 11.3 Å². The van der Waals surface area contributed by atoms with Crippen LogP contribution in [0.3, 0.4) is 0 Å². The minimum absolute atomic E-state index is 0.0254. The topological polar surface area (TPSA) is 54.0 Å². The van der Waals surface area contributed by atoms with E-state index in [0.29, 0.717) is 12.1 Å². The summed E-state index contributed by atoms with van der Waals surface area (Å²) in [6, 6.07) is 7.78.